The maximum absolute atomic E-state index is 5.65. The molecule has 1 aromatic rings. The van der Waals surface area contributed by atoms with Crippen LogP contribution >= 0.6 is 0 Å². The van der Waals surface area contributed by atoms with Crippen LogP contribution in [0.1, 0.15) is 24.4 Å². The quantitative estimate of drug-likeness (QED) is 0.855. The Kier molecular flexibility index (Phi) is 4.28. The maximum atomic E-state index is 5.65. The Morgan fingerprint density at radius 1 is 1.41 bits per heavy atom. The van der Waals surface area contributed by atoms with E-state index in [9.17, 15) is 0 Å². The number of ether oxygens (including phenoxy) is 2. The topological polar surface area (TPSA) is 70.3 Å². The highest BCUT2D eigenvalue weighted by Gasteiger charge is 2.13. The van der Waals surface area contributed by atoms with Crippen molar-refractivity contribution in [2.75, 3.05) is 25.6 Å². The molecular formula is C12H19N3O2. The van der Waals surface area contributed by atoms with Crippen LogP contribution in [-0.4, -0.2) is 29.8 Å². The molecule has 0 bridgehead atoms. The van der Waals surface area contributed by atoms with Gasteiger partial charge in [0.2, 0.25) is 0 Å². The number of rotatable bonds is 4. The van der Waals surface area contributed by atoms with Crippen molar-refractivity contribution in [3.8, 4) is 0 Å². The van der Waals surface area contributed by atoms with Crippen molar-refractivity contribution in [2.45, 2.75) is 26.4 Å². The highest BCUT2D eigenvalue weighted by molar-refractivity contribution is 5.28. The molecule has 1 saturated heterocycles. The monoisotopic (exact) mass is 237 g/mol. The molecule has 94 valence electrons. The van der Waals surface area contributed by atoms with Crippen LogP contribution in [0, 0.1) is 12.8 Å². The van der Waals surface area contributed by atoms with E-state index in [2.05, 4.69) is 9.97 Å². The third-order valence-corrected chi connectivity index (χ3v) is 2.85. The number of hydrogen-bond acceptors (Lipinski definition) is 5. The molecule has 0 saturated carbocycles. The summed E-state index contributed by atoms with van der Waals surface area (Å²) in [5.41, 5.74) is 6.53. The van der Waals surface area contributed by atoms with E-state index in [0.29, 0.717) is 24.2 Å². The average molecular weight is 237 g/mol. The van der Waals surface area contributed by atoms with E-state index in [1.54, 1.807) is 6.07 Å². The van der Waals surface area contributed by atoms with Crippen molar-refractivity contribution < 1.29 is 9.47 Å². The van der Waals surface area contributed by atoms with E-state index in [1.807, 2.05) is 6.92 Å². The lowest BCUT2D eigenvalue weighted by Gasteiger charge is -2.21. The highest BCUT2D eigenvalue weighted by atomic mass is 16.5. The Morgan fingerprint density at radius 3 is 2.88 bits per heavy atom. The van der Waals surface area contributed by atoms with Gasteiger partial charge in [-0.05, 0) is 25.7 Å². The maximum Gasteiger partial charge on any atom is 0.156 e. The number of hydrogen-bond donors (Lipinski definition) is 1. The molecule has 0 spiro atoms. The smallest absolute Gasteiger partial charge is 0.156 e. The van der Waals surface area contributed by atoms with Gasteiger partial charge < -0.3 is 15.2 Å². The summed E-state index contributed by atoms with van der Waals surface area (Å²) in [4.78, 5) is 8.41. The summed E-state index contributed by atoms with van der Waals surface area (Å²) in [7, 11) is 0. The Labute approximate surface area is 101 Å². The molecule has 1 aliphatic rings. The van der Waals surface area contributed by atoms with Gasteiger partial charge in [0.25, 0.3) is 0 Å². The van der Waals surface area contributed by atoms with Gasteiger partial charge in [0.1, 0.15) is 12.4 Å². The Bertz CT molecular complexity index is 345. The van der Waals surface area contributed by atoms with Crippen molar-refractivity contribution in [1.82, 2.24) is 9.97 Å². The van der Waals surface area contributed by atoms with Crippen LogP contribution in [0.2, 0.25) is 0 Å². The highest BCUT2D eigenvalue weighted by Crippen LogP contribution is 2.15. The zero-order chi connectivity index (χ0) is 12.1. The fraction of sp³-hybridized carbons (Fsp3) is 0.667. The molecular weight excluding hydrogens is 218 g/mol. The molecule has 5 nitrogen and oxygen atoms in total. The van der Waals surface area contributed by atoms with Gasteiger partial charge in [-0.3, -0.25) is 0 Å². The van der Waals surface area contributed by atoms with Gasteiger partial charge in [-0.15, -0.1) is 0 Å². The molecule has 2 heterocycles. The normalized spacial score (nSPS) is 17.2. The lowest BCUT2D eigenvalue weighted by atomic mass is 10.0. The van der Waals surface area contributed by atoms with Crippen LogP contribution in [0.15, 0.2) is 6.07 Å². The summed E-state index contributed by atoms with van der Waals surface area (Å²) < 4.78 is 10.9. The van der Waals surface area contributed by atoms with E-state index in [-0.39, 0.29) is 0 Å². The van der Waals surface area contributed by atoms with Crippen molar-refractivity contribution >= 4 is 5.82 Å². The number of nitrogens with zero attached hydrogens (tertiary/aromatic N) is 2. The summed E-state index contributed by atoms with van der Waals surface area (Å²) in [5, 5.41) is 0. The molecule has 0 aliphatic carbocycles. The second kappa shape index (κ2) is 5.93. The molecule has 5 heteroatoms. The van der Waals surface area contributed by atoms with Crippen LogP contribution in [-0.2, 0) is 16.1 Å². The number of aromatic nitrogens is 2. The molecule has 1 fully saturated rings. The number of nitrogen functional groups attached to an aromatic ring is 1. The van der Waals surface area contributed by atoms with Gasteiger partial charge >= 0.3 is 0 Å². The number of anilines is 1. The van der Waals surface area contributed by atoms with Crippen LogP contribution in [0.3, 0.4) is 0 Å². The first-order chi connectivity index (χ1) is 8.24. The lowest BCUT2D eigenvalue weighted by molar-refractivity contribution is 0.0142. The summed E-state index contributed by atoms with van der Waals surface area (Å²) in [5.74, 6) is 1.77. The van der Waals surface area contributed by atoms with Gasteiger partial charge in [0.15, 0.2) is 5.82 Å². The van der Waals surface area contributed by atoms with Crippen LogP contribution in [0.25, 0.3) is 0 Å². The van der Waals surface area contributed by atoms with Gasteiger partial charge in [0, 0.05) is 25.0 Å². The van der Waals surface area contributed by atoms with Gasteiger partial charge in [0.05, 0.1) is 6.61 Å². The Hall–Kier alpha value is -1.20. The second-order valence-electron chi connectivity index (χ2n) is 4.42. The lowest BCUT2D eigenvalue weighted by Crippen LogP contribution is -2.20. The number of nitrogens with two attached hydrogens (primary N) is 1. The standard InChI is InChI=1S/C12H19N3O2/c1-9-6-11(13)15-12(14-9)8-17-7-10-2-4-16-5-3-10/h6,10H,2-5,7-8H2,1H3,(H2,13,14,15). The molecule has 1 aliphatic heterocycles. The predicted octanol–water partition coefficient (Wildman–Crippen LogP) is 1.31. The van der Waals surface area contributed by atoms with Gasteiger partial charge in [-0.25, -0.2) is 9.97 Å². The molecule has 2 N–H and O–H groups in total. The first-order valence-electron chi connectivity index (χ1n) is 5.99. The molecule has 1 aromatic heterocycles. The summed E-state index contributed by atoms with van der Waals surface area (Å²) in [6, 6.07) is 1.75. The van der Waals surface area contributed by atoms with E-state index in [4.69, 9.17) is 15.2 Å². The van der Waals surface area contributed by atoms with Crippen LogP contribution in [0.4, 0.5) is 5.82 Å². The molecule has 2 rings (SSSR count). The summed E-state index contributed by atoms with van der Waals surface area (Å²) in [6.45, 7) is 4.79. The Balaban J connectivity index is 1.77. The molecule has 0 aromatic carbocycles. The van der Waals surface area contributed by atoms with Crippen LogP contribution in [0.5, 0.6) is 0 Å². The molecule has 0 radical (unpaired) electrons. The number of aryl methyl sites for hydroxylation is 1. The molecule has 0 atom stereocenters. The zero-order valence-corrected chi connectivity index (χ0v) is 10.2. The molecule has 17 heavy (non-hydrogen) atoms. The van der Waals surface area contributed by atoms with Crippen LogP contribution < -0.4 is 5.73 Å². The third kappa shape index (κ3) is 3.94. The molecule has 0 amide bonds. The largest absolute Gasteiger partial charge is 0.384 e. The van der Waals surface area contributed by atoms with E-state index < -0.39 is 0 Å². The second-order valence-corrected chi connectivity index (χ2v) is 4.42. The fourth-order valence-corrected chi connectivity index (χ4v) is 1.95. The minimum Gasteiger partial charge on any atom is -0.384 e. The zero-order valence-electron chi connectivity index (χ0n) is 10.2. The molecule has 0 unspecified atom stereocenters. The first-order valence-corrected chi connectivity index (χ1v) is 5.99. The van der Waals surface area contributed by atoms with Gasteiger partial charge in [-0.1, -0.05) is 0 Å². The van der Waals surface area contributed by atoms with Crippen molar-refractivity contribution in [2.24, 2.45) is 5.92 Å². The first kappa shape index (κ1) is 12.3. The average Bonchev–Trinajstić information content (AvgIpc) is 2.29. The van der Waals surface area contributed by atoms with E-state index >= 15 is 0 Å². The SMILES string of the molecule is Cc1cc(N)nc(COCC2CCOCC2)n1. The van der Waals surface area contributed by atoms with Crippen molar-refractivity contribution in [1.29, 1.82) is 0 Å². The summed E-state index contributed by atoms with van der Waals surface area (Å²) >= 11 is 0. The summed E-state index contributed by atoms with van der Waals surface area (Å²) in [6.07, 6.45) is 2.16. The third-order valence-electron chi connectivity index (χ3n) is 2.85. The Morgan fingerprint density at radius 2 is 2.18 bits per heavy atom. The van der Waals surface area contributed by atoms with Crippen molar-refractivity contribution in [3.05, 3.63) is 17.6 Å². The minimum absolute atomic E-state index is 0.434. The van der Waals surface area contributed by atoms with Crippen molar-refractivity contribution in [3.63, 3.8) is 0 Å². The van der Waals surface area contributed by atoms with E-state index in [1.165, 1.54) is 0 Å². The minimum atomic E-state index is 0.434. The van der Waals surface area contributed by atoms with Gasteiger partial charge in [-0.2, -0.15) is 0 Å². The fourth-order valence-electron chi connectivity index (χ4n) is 1.95. The predicted molar refractivity (Wildman–Crippen MR) is 64.4 cm³/mol. The van der Waals surface area contributed by atoms with E-state index in [0.717, 1.165) is 38.4 Å².